The first-order chi connectivity index (χ1) is 12.6. The molecule has 1 N–H and O–H groups in total. The first-order valence-corrected chi connectivity index (χ1v) is 8.10. The number of alkyl halides is 3. The Kier molecular flexibility index (Phi) is 6.19. The third-order valence-electron chi connectivity index (χ3n) is 4.00. The molecule has 0 saturated carbocycles. The average molecular weight is 386 g/mol. The largest absolute Gasteiger partial charge is 0.453 e. The number of nitro groups is 1. The van der Waals surface area contributed by atoms with Gasteiger partial charge in [-0.25, -0.2) is 0 Å². The van der Waals surface area contributed by atoms with Crippen molar-refractivity contribution in [1.29, 1.82) is 0 Å². The summed E-state index contributed by atoms with van der Waals surface area (Å²) in [5.41, 5.74) is -2.77. The van der Waals surface area contributed by atoms with Gasteiger partial charge in [0.2, 0.25) is 0 Å². The Morgan fingerprint density at radius 1 is 1.41 bits per heavy atom. The number of benzene rings is 1. The second kappa shape index (κ2) is 8.19. The SMILES string of the molecule is C[C@@H](OC(=O)C[C@@H]1C=CCC1)C(=O)Nc1ccc([N+](=O)[O-])cc1C(F)(F)F. The fraction of sp³-hybridized carbons (Fsp3) is 0.412. The van der Waals surface area contributed by atoms with E-state index in [9.17, 15) is 32.9 Å². The second-order valence-electron chi connectivity index (χ2n) is 6.08. The minimum atomic E-state index is -4.91. The number of halogens is 3. The molecule has 27 heavy (non-hydrogen) atoms. The van der Waals surface area contributed by atoms with Crippen molar-refractivity contribution in [1.82, 2.24) is 0 Å². The molecular weight excluding hydrogens is 369 g/mol. The van der Waals surface area contributed by atoms with Gasteiger partial charge in [-0.3, -0.25) is 19.7 Å². The molecular formula is C17H17F3N2O5. The van der Waals surface area contributed by atoms with E-state index >= 15 is 0 Å². The summed E-state index contributed by atoms with van der Waals surface area (Å²) in [6.45, 7) is 1.23. The Bertz CT molecular complexity index is 776. The monoisotopic (exact) mass is 386 g/mol. The Morgan fingerprint density at radius 2 is 2.11 bits per heavy atom. The van der Waals surface area contributed by atoms with Gasteiger partial charge in [-0.1, -0.05) is 12.2 Å². The van der Waals surface area contributed by atoms with Crippen LogP contribution in [0.25, 0.3) is 0 Å². The number of ether oxygens (including phenoxy) is 1. The maximum absolute atomic E-state index is 13.1. The van der Waals surface area contributed by atoms with Gasteiger partial charge < -0.3 is 10.1 Å². The van der Waals surface area contributed by atoms with Gasteiger partial charge in [0.05, 0.1) is 22.6 Å². The van der Waals surface area contributed by atoms with Crippen LogP contribution in [-0.2, 0) is 20.5 Å². The topological polar surface area (TPSA) is 98.5 Å². The van der Waals surface area contributed by atoms with E-state index in [0.29, 0.717) is 6.07 Å². The highest BCUT2D eigenvalue weighted by atomic mass is 19.4. The molecule has 1 amide bonds. The number of hydrogen-bond acceptors (Lipinski definition) is 5. The highest BCUT2D eigenvalue weighted by Gasteiger charge is 2.36. The van der Waals surface area contributed by atoms with Crippen LogP contribution in [0.15, 0.2) is 30.4 Å². The summed E-state index contributed by atoms with van der Waals surface area (Å²) < 4.78 is 44.3. The Balaban J connectivity index is 2.06. The number of carbonyl (C=O) groups excluding carboxylic acids is 2. The Morgan fingerprint density at radius 3 is 2.67 bits per heavy atom. The van der Waals surface area contributed by atoms with Crippen molar-refractivity contribution < 1.29 is 32.4 Å². The van der Waals surface area contributed by atoms with Crippen LogP contribution in [0, 0.1) is 16.0 Å². The minimum Gasteiger partial charge on any atom is -0.453 e. The van der Waals surface area contributed by atoms with Gasteiger partial charge >= 0.3 is 12.1 Å². The molecule has 0 aromatic heterocycles. The lowest BCUT2D eigenvalue weighted by Gasteiger charge is -2.17. The van der Waals surface area contributed by atoms with Gasteiger partial charge in [0.1, 0.15) is 0 Å². The molecule has 10 heteroatoms. The number of nitrogens with zero attached hydrogens (tertiary/aromatic N) is 1. The zero-order valence-electron chi connectivity index (χ0n) is 14.3. The Hall–Kier alpha value is -2.91. The Labute approximate surface area is 152 Å². The minimum absolute atomic E-state index is 0.0271. The molecule has 0 fully saturated rings. The van der Waals surface area contributed by atoms with E-state index < -0.39 is 46.0 Å². The van der Waals surface area contributed by atoms with E-state index in [1.165, 1.54) is 6.92 Å². The summed E-state index contributed by atoms with van der Waals surface area (Å²) in [7, 11) is 0. The number of amides is 1. The third kappa shape index (κ3) is 5.53. The molecule has 0 unspecified atom stereocenters. The second-order valence-corrected chi connectivity index (χ2v) is 6.08. The van der Waals surface area contributed by atoms with Crippen molar-refractivity contribution in [3.63, 3.8) is 0 Å². The number of carbonyl (C=O) groups is 2. The molecule has 7 nitrogen and oxygen atoms in total. The van der Waals surface area contributed by atoms with Crippen LogP contribution in [0.5, 0.6) is 0 Å². The molecule has 2 rings (SSSR count). The maximum Gasteiger partial charge on any atom is 0.418 e. The summed E-state index contributed by atoms with van der Waals surface area (Å²) in [5.74, 6) is -1.57. The van der Waals surface area contributed by atoms with Gasteiger partial charge in [0, 0.05) is 12.1 Å². The molecule has 0 saturated heterocycles. The van der Waals surface area contributed by atoms with Crippen molar-refractivity contribution in [2.45, 2.75) is 38.5 Å². The molecule has 0 aliphatic heterocycles. The first-order valence-electron chi connectivity index (χ1n) is 8.10. The molecule has 1 aromatic carbocycles. The molecule has 0 heterocycles. The van der Waals surface area contributed by atoms with Crippen LogP contribution in [0.3, 0.4) is 0 Å². The predicted octanol–water partition coefficient (Wildman–Crippen LogP) is 3.84. The number of nitrogens with one attached hydrogen (secondary N) is 1. The number of allylic oxidation sites excluding steroid dienone is 2. The number of non-ortho nitro benzene ring substituents is 1. The van der Waals surface area contributed by atoms with Crippen LogP contribution in [0.2, 0.25) is 0 Å². The van der Waals surface area contributed by atoms with E-state index in [2.05, 4.69) is 0 Å². The third-order valence-corrected chi connectivity index (χ3v) is 4.00. The summed E-state index contributed by atoms with van der Waals surface area (Å²) >= 11 is 0. The molecule has 0 bridgehead atoms. The lowest BCUT2D eigenvalue weighted by molar-refractivity contribution is -0.385. The number of nitro benzene ring substituents is 1. The number of anilines is 1. The fourth-order valence-corrected chi connectivity index (χ4v) is 2.60. The smallest absolute Gasteiger partial charge is 0.418 e. The number of hydrogen-bond donors (Lipinski definition) is 1. The highest BCUT2D eigenvalue weighted by Crippen LogP contribution is 2.37. The molecule has 0 spiro atoms. The maximum atomic E-state index is 13.1. The van der Waals surface area contributed by atoms with Crippen LogP contribution in [0.4, 0.5) is 24.5 Å². The molecule has 146 valence electrons. The number of rotatable bonds is 6. The predicted molar refractivity (Wildman–Crippen MR) is 88.8 cm³/mol. The van der Waals surface area contributed by atoms with E-state index in [-0.39, 0.29) is 12.3 Å². The zero-order valence-corrected chi connectivity index (χ0v) is 14.3. The zero-order chi connectivity index (χ0) is 20.2. The lowest BCUT2D eigenvalue weighted by atomic mass is 10.1. The molecule has 1 aromatic rings. The van der Waals surface area contributed by atoms with Crippen LogP contribution >= 0.6 is 0 Å². The van der Waals surface area contributed by atoms with Crippen molar-refractivity contribution in [3.8, 4) is 0 Å². The molecule has 2 atom stereocenters. The van der Waals surface area contributed by atoms with Gasteiger partial charge in [0.15, 0.2) is 6.10 Å². The van der Waals surface area contributed by atoms with Crippen molar-refractivity contribution >= 4 is 23.3 Å². The van der Waals surface area contributed by atoms with E-state index in [0.717, 1.165) is 25.0 Å². The van der Waals surface area contributed by atoms with Crippen LogP contribution in [0.1, 0.15) is 31.7 Å². The summed E-state index contributed by atoms with van der Waals surface area (Å²) in [4.78, 5) is 33.6. The molecule has 1 aliphatic rings. The normalized spacial score (nSPS) is 17.4. The van der Waals surface area contributed by atoms with E-state index in [4.69, 9.17) is 4.74 Å². The standard InChI is InChI=1S/C17H17F3N2O5/c1-10(27-15(23)8-11-4-2-3-5-11)16(24)21-14-7-6-12(22(25)26)9-13(14)17(18,19)20/h2,4,6-7,9-11H,3,5,8H2,1H3,(H,21,24)/t10-,11-/m1/s1. The quantitative estimate of drug-likeness (QED) is 0.347. The highest BCUT2D eigenvalue weighted by molar-refractivity contribution is 5.96. The van der Waals surface area contributed by atoms with Crippen LogP contribution in [-0.4, -0.2) is 22.9 Å². The van der Waals surface area contributed by atoms with E-state index in [1.807, 2.05) is 17.5 Å². The fourth-order valence-electron chi connectivity index (χ4n) is 2.60. The molecule has 0 radical (unpaired) electrons. The van der Waals surface area contributed by atoms with Crippen molar-refractivity contribution in [3.05, 3.63) is 46.0 Å². The van der Waals surface area contributed by atoms with E-state index in [1.54, 1.807) is 0 Å². The lowest BCUT2D eigenvalue weighted by Crippen LogP contribution is -2.31. The van der Waals surface area contributed by atoms with Crippen molar-refractivity contribution in [2.75, 3.05) is 5.32 Å². The van der Waals surface area contributed by atoms with Crippen molar-refractivity contribution in [2.24, 2.45) is 5.92 Å². The first kappa shape index (κ1) is 20.4. The summed E-state index contributed by atoms with van der Waals surface area (Å²) in [5, 5.41) is 12.7. The summed E-state index contributed by atoms with van der Waals surface area (Å²) in [6.07, 6.45) is -0.691. The van der Waals surface area contributed by atoms with Gasteiger partial charge in [-0.2, -0.15) is 13.2 Å². The number of esters is 1. The van der Waals surface area contributed by atoms with Gasteiger partial charge in [0.25, 0.3) is 11.6 Å². The van der Waals surface area contributed by atoms with Crippen LogP contribution < -0.4 is 5.32 Å². The summed E-state index contributed by atoms with van der Waals surface area (Å²) in [6, 6.07) is 1.96. The average Bonchev–Trinajstić information content (AvgIpc) is 3.06. The van der Waals surface area contributed by atoms with Gasteiger partial charge in [-0.15, -0.1) is 0 Å². The molecule has 1 aliphatic carbocycles. The van der Waals surface area contributed by atoms with Gasteiger partial charge in [-0.05, 0) is 31.7 Å².